The highest BCUT2D eigenvalue weighted by atomic mass is 35.5. The largest absolute Gasteiger partial charge is 0.506 e. The number of halogens is 1. The van der Waals surface area contributed by atoms with Gasteiger partial charge in [-0.1, -0.05) is 29.8 Å². The molecule has 5 heteroatoms. The fraction of sp³-hybridized carbons (Fsp3) is 0. The van der Waals surface area contributed by atoms with Crippen molar-refractivity contribution in [3.63, 3.8) is 0 Å². The molecule has 0 aromatic heterocycles. The SMILES string of the molecule is O=C(Nc1ccc(O)c(Cl)c1)Oc1ccccc1. The Morgan fingerprint density at radius 3 is 2.56 bits per heavy atom. The molecule has 2 aromatic carbocycles. The summed E-state index contributed by atoms with van der Waals surface area (Å²) in [7, 11) is 0. The lowest BCUT2D eigenvalue weighted by Crippen LogP contribution is -2.16. The molecule has 0 aliphatic carbocycles. The van der Waals surface area contributed by atoms with E-state index in [0.29, 0.717) is 11.4 Å². The lowest BCUT2D eigenvalue weighted by molar-refractivity contribution is 0.215. The van der Waals surface area contributed by atoms with E-state index in [1.54, 1.807) is 24.3 Å². The van der Waals surface area contributed by atoms with E-state index in [-0.39, 0.29) is 10.8 Å². The van der Waals surface area contributed by atoms with Crippen molar-refractivity contribution in [3.8, 4) is 11.5 Å². The van der Waals surface area contributed by atoms with Crippen molar-refractivity contribution in [3.05, 3.63) is 53.6 Å². The zero-order valence-electron chi connectivity index (χ0n) is 9.26. The first-order valence-electron chi connectivity index (χ1n) is 5.17. The summed E-state index contributed by atoms with van der Waals surface area (Å²) in [6.07, 6.45) is -0.622. The molecule has 0 heterocycles. The summed E-state index contributed by atoms with van der Waals surface area (Å²) >= 11 is 5.72. The number of benzene rings is 2. The van der Waals surface area contributed by atoms with Crippen molar-refractivity contribution >= 4 is 23.4 Å². The normalized spacial score (nSPS) is 9.83. The summed E-state index contributed by atoms with van der Waals surface area (Å²) in [6.45, 7) is 0. The van der Waals surface area contributed by atoms with Crippen molar-refractivity contribution < 1.29 is 14.6 Å². The second-order valence-corrected chi connectivity index (χ2v) is 3.90. The Labute approximate surface area is 109 Å². The molecule has 0 spiro atoms. The van der Waals surface area contributed by atoms with Gasteiger partial charge in [0.1, 0.15) is 11.5 Å². The average Bonchev–Trinajstić information content (AvgIpc) is 2.35. The molecule has 92 valence electrons. The van der Waals surface area contributed by atoms with Crippen LogP contribution in [0.1, 0.15) is 0 Å². The second-order valence-electron chi connectivity index (χ2n) is 3.49. The van der Waals surface area contributed by atoms with E-state index in [1.807, 2.05) is 6.07 Å². The number of hydrogen-bond donors (Lipinski definition) is 2. The number of para-hydroxylation sites is 1. The lowest BCUT2D eigenvalue weighted by atomic mass is 10.3. The van der Waals surface area contributed by atoms with Crippen molar-refractivity contribution in [1.82, 2.24) is 0 Å². The molecule has 0 unspecified atom stereocenters. The van der Waals surface area contributed by atoms with Gasteiger partial charge in [-0.15, -0.1) is 0 Å². The molecule has 0 saturated carbocycles. The maximum Gasteiger partial charge on any atom is 0.417 e. The third-order valence-corrected chi connectivity index (χ3v) is 2.45. The maximum atomic E-state index is 11.5. The summed E-state index contributed by atoms with van der Waals surface area (Å²) in [4.78, 5) is 11.5. The first-order chi connectivity index (χ1) is 8.65. The van der Waals surface area contributed by atoms with Crippen molar-refractivity contribution in [2.75, 3.05) is 5.32 Å². The topological polar surface area (TPSA) is 58.6 Å². The van der Waals surface area contributed by atoms with Gasteiger partial charge in [-0.25, -0.2) is 4.79 Å². The molecule has 0 aliphatic heterocycles. The van der Waals surface area contributed by atoms with Crippen LogP contribution in [0.2, 0.25) is 5.02 Å². The van der Waals surface area contributed by atoms with Gasteiger partial charge in [0.2, 0.25) is 0 Å². The van der Waals surface area contributed by atoms with Crippen molar-refractivity contribution in [1.29, 1.82) is 0 Å². The zero-order chi connectivity index (χ0) is 13.0. The Hall–Kier alpha value is -2.20. The van der Waals surface area contributed by atoms with E-state index in [1.165, 1.54) is 18.2 Å². The molecule has 0 radical (unpaired) electrons. The quantitative estimate of drug-likeness (QED) is 0.813. The van der Waals surface area contributed by atoms with Gasteiger partial charge in [0.05, 0.1) is 5.02 Å². The Morgan fingerprint density at radius 2 is 1.89 bits per heavy atom. The minimum atomic E-state index is -0.622. The van der Waals surface area contributed by atoms with Crippen LogP contribution in [0.4, 0.5) is 10.5 Å². The highest BCUT2D eigenvalue weighted by Crippen LogP contribution is 2.26. The predicted octanol–water partition coefficient (Wildman–Crippen LogP) is 3.66. The van der Waals surface area contributed by atoms with Gasteiger partial charge in [0.15, 0.2) is 0 Å². The third kappa shape index (κ3) is 3.15. The van der Waals surface area contributed by atoms with Crippen LogP contribution in [-0.2, 0) is 0 Å². The molecule has 2 N–H and O–H groups in total. The monoisotopic (exact) mass is 263 g/mol. The van der Waals surface area contributed by atoms with Crippen molar-refractivity contribution in [2.24, 2.45) is 0 Å². The van der Waals surface area contributed by atoms with E-state index in [2.05, 4.69) is 5.32 Å². The Bertz CT molecular complexity index is 557. The first kappa shape index (κ1) is 12.3. The highest BCUT2D eigenvalue weighted by Gasteiger charge is 2.06. The Kier molecular flexibility index (Phi) is 3.69. The molecule has 2 aromatic rings. The van der Waals surface area contributed by atoms with Gasteiger partial charge in [-0.3, -0.25) is 5.32 Å². The van der Waals surface area contributed by atoms with E-state index >= 15 is 0 Å². The van der Waals surface area contributed by atoms with E-state index in [4.69, 9.17) is 16.3 Å². The number of hydrogen-bond acceptors (Lipinski definition) is 3. The van der Waals surface area contributed by atoms with Crippen molar-refractivity contribution in [2.45, 2.75) is 0 Å². The number of rotatable bonds is 2. The number of anilines is 1. The molecule has 18 heavy (non-hydrogen) atoms. The summed E-state index contributed by atoms with van der Waals surface area (Å²) in [6, 6.07) is 13.0. The summed E-state index contributed by atoms with van der Waals surface area (Å²) in [5, 5.41) is 11.9. The highest BCUT2D eigenvalue weighted by molar-refractivity contribution is 6.32. The van der Waals surface area contributed by atoms with E-state index < -0.39 is 6.09 Å². The fourth-order valence-electron chi connectivity index (χ4n) is 1.32. The Balaban J connectivity index is 2.01. The molecular formula is C13H10ClNO3. The molecule has 0 aliphatic rings. The molecule has 0 saturated heterocycles. The van der Waals surface area contributed by atoms with Crippen LogP contribution in [0.5, 0.6) is 11.5 Å². The average molecular weight is 264 g/mol. The number of nitrogens with one attached hydrogen (secondary N) is 1. The third-order valence-electron chi connectivity index (χ3n) is 2.15. The van der Waals surface area contributed by atoms with Gasteiger partial charge in [0.25, 0.3) is 0 Å². The van der Waals surface area contributed by atoms with Crippen LogP contribution in [0.25, 0.3) is 0 Å². The van der Waals surface area contributed by atoms with Crippen LogP contribution < -0.4 is 10.1 Å². The second kappa shape index (κ2) is 5.42. The minimum absolute atomic E-state index is 0.0429. The first-order valence-corrected chi connectivity index (χ1v) is 5.55. The molecular weight excluding hydrogens is 254 g/mol. The van der Waals surface area contributed by atoms with Crippen LogP contribution in [0.3, 0.4) is 0 Å². The van der Waals surface area contributed by atoms with E-state index in [9.17, 15) is 9.90 Å². The molecule has 2 rings (SSSR count). The van der Waals surface area contributed by atoms with E-state index in [0.717, 1.165) is 0 Å². The summed E-state index contributed by atoms with van der Waals surface area (Å²) < 4.78 is 5.03. The zero-order valence-corrected chi connectivity index (χ0v) is 10.0. The van der Waals surface area contributed by atoms with Gasteiger partial charge < -0.3 is 9.84 Å². The number of carbonyl (C=O) groups excluding carboxylic acids is 1. The lowest BCUT2D eigenvalue weighted by Gasteiger charge is -2.07. The van der Waals surface area contributed by atoms with Gasteiger partial charge >= 0.3 is 6.09 Å². The standard InChI is InChI=1S/C13H10ClNO3/c14-11-8-9(6-7-12(11)16)15-13(17)18-10-4-2-1-3-5-10/h1-8,16H,(H,15,17). The fourth-order valence-corrected chi connectivity index (χ4v) is 1.50. The molecule has 4 nitrogen and oxygen atoms in total. The van der Waals surface area contributed by atoms with Gasteiger partial charge in [0, 0.05) is 5.69 Å². The number of phenols is 1. The number of carbonyl (C=O) groups is 1. The van der Waals surface area contributed by atoms with Gasteiger partial charge in [-0.05, 0) is 30.3 Å². The maximum absolute atomic E-state index is 11.5. The number of amides is 1. The summed E-state index contributed by atoms with van der Waals surface area (Å²) in [5.74, 6) is 0.401. The molecule has 0 bridgehead atoms. The molecule has 0 fully saturated rings. The summed E-state index contributed by atoms with van der Waals surface area (Å²) in [5.41, 5.74) is 0.443. The van der Waals surface area contributed by atoms with Crippen LogP contribution in [0.15, 0.2) is 48.5 Å². The van der Waals surface area contributed by atoms with Gasteiger partial charge in [-0.2, -0.15) is 0 Å². The molecule has 0 atom stereocenters. The van der Waals surface area contributed by atoms with Crippen LogP contribution in [0, 0.1) is 0 Å². The molecule has 1 amide bonds. The number of ether oxygens (including phenoxy) is 1. The number of phenolic OH excluding ortho intramolecular Hbond substituents is 1. The minimum Gasteiger partial charge on any atom is -0.506 e. The smallest absolute Gasteiger partial charge is 0.417 e. The Morgan fingerprint density at radius 1 is 1.17 bits per heavy atom. The van der Waals surface area contributed by atoms with Crippen LogP contribution >= 0.6 is 11.6 Å². The van der Waals surface area contributed by atoms with Crippen LogP contribution in [-0.4, -0.2) is 11.2 Å². The predicted molar refractivity (Wildman–Crippen MR) is 69.2 cm³/mol. The number of aromatic hydroxyl groups is 1.